The van der Waals surface area contributed by atoms with E-state index in [4.69, 9.17) is 15.9 Å². The molecule has 2 rings (SSSR count). The van der Waals surface area contributed by atoms with Crippen LogP contribution in [0.25, 0.3) is 0 Å². The smallest absolute Gasteiger partial charge is 0.249 e. The Morgan fingerprint density at radius 2 is 2.12 bits per heavy atom. The van der Waals surface area contributed by atoms with E-state index in [1.165, 1.54) is 11.8 Å². The molecule has 0 aliphatic heterocycles. The van der Waals surface area contributed by atoms with E-state index >= 15 is 0 Å². The minimum absolute atomic E-state index is 0.446. The molecular weight excluding hydrogens is 236 g/mol. The lowest BCUT2D eigenvalue weighted by atomic mass is 10.2. The predicted molar refractivity (Wildman–Crippen MR) is 67.6 cm³/mol. The minimum atomic E-state index is -0.473. The lowest BCUT2D eigenvalue weighted by Gasteiger charge is -2.08. The van der Waals surface area contributed by atoms with Crippen LogP contribution in [0.2, 0.25) is 0 Å². The number of hydrogen-bond donors (Lipinski definition) is 2. The number of amides is 1. The second-order valence-electron chi connectivity index (χ2n) is 3.46. The van der Waals surface area contributed by atoms with Crippen LogP contribution < -0.4 is 11.5 Å². The molecular formula is C12H12N2O2S. The van der Waals surface area contributed by atoms with Crippen LogP contribution in [0, 0.1) is 0 Å². The molecule has 0 bridgehead atoms. The molecule has 0 saturated heterocycles. The minimum Gasteiger partial charge on any atom is -0.468 e. The molecule has 0 spiro atoms. The Kier molecular flexibility index (Phi) is 3.39. The summed E-state index contributed by atoms with van der Waals surface area (Å²) in [6.07, 6.45) is 1.61. The van der Waals surface area contributed by atoms with Gasteiger partial charge in [-0.15, -0.1) is 11.8 Å². The maximum Gasteiger partial charge on any atom is 0.249 e. The van der Waals surface area contributed by atoms with Gasteiger partial charge < -0.3 is 15.9 Å². The molecule has 4 nitrogen and oxygen atoms in total. The van der Waals surface area contributed by atoms with Gasteiger partial charge in [0.1, 0.15) is 5.76 Å². The summed E-state index contributed by atoms with van der Waals surface area (Å²) in [6.45, 7) is 0. The van der Waals surface area contributed by atoms with Crippen molar-refractivity contribution in [2.45, 2.75) is 10.6 Å². The Balaban J connectivity index is 2.22. The SMILES string of the molecule is NC(=O)c1cccc(N)c1SCc1ccco1. The van der Waals surface area contributed by atoms with Crippen molar-refractivity contribution in [1.82, 2.24) is 0 Å². The molecule has 1 aromatic carbocycles. The Hall–Kier alpha value is -1.88. The van der Waals surface area contributed by atoms with Crippen molar-refractivity contribution in [3.05, 3.63) is 47.9 Å². The van der Waals surface area contributed by atoms with E-state index in [1.807, 2.05) is 12.1 Å². The predicted octanol–water partition coefficient (Wildman–Crippen LogP) is 2.25. The summed E-state index contributed by atoms with van der Waals surface area (Å²) in [5.41, 5.74) is 12.1. The Morgan fingerprint density at radius 3 is 2.76 bits per heavy atom. The van der Waals surface area contributed by atoms with Crippen LogP contribution in [0.1, 0.15) is 16.1 Å². The highest BCUT2D eigenvalue weighted by Gasteiger charge is 2.12. The third kappa shape index (κ3) is 2.62. The van der Waals surface area contributed by atoms with Gasteiger partial charge in [0.05, 0.1) is 17.6 Å². The summed E-state index contributed by atoms with van der Waals surface area (Å²) >= 11 is 1.44. The molecule has 0 saturated carbocycles. The number of primary amides is 1. The fraction of sp³-hybridized carbons (Fsp3) is 0.0833. The van der Waals surface area contributed by atoms with E-state index in [2.05, 4.69) is 0 Å². The molecule has 5 heteroatoms. The molecule has 0 aliphatic rings. The van der Waals surface area contributed by atoms with E-state index < -0.39 is 5.91 Å². The van der Waals surface area contributed by atoms with Crippen molar-refractivity contribution < 1.29 is 9.21 Å². The molecule has 0 radical (unpaired) electrons. The summed E-state index contributed by atoms with van der Waals surface area (Å²) < 4.78 is 5.22. The summed E-state index contributed by atoms with van der Waals surface area (Å²) in [6, 6.07) is 8.82. The van der Waals surface area contributed by atoms with Gasteiger partial charge in [-0.3, -0.25) is 4.79 Å². The molecule has 1 amide bonds. The first-order valence-electron chi connectivity index (χ1n) is 5.02. The van der Waals surface area contributed by atoms with Gasteiger partial charge in [-0.2, -0.15) is 0 Å². The van der Waals surface area contributed by atoms with Crippen LogP contribution in [0.3, 0.4) is 0 Å². The zero-order chi connectivity index (χ0) is 12.3. The van der Waals surface area contributed by atoms with E-state index in [9.17, 15) is 4.79 Å². The normalized spacial score (nSPS) is 10.4. The molecule has 0 aliphatic carbocycles. The number of thioether (sulfide) groups is 1. The van der Waals surface area contributed by atoms with Gasteiger partial charge in [-0.1, -0.05) is 6.07 Å². The van der Waals surface area contributed by atoms with Crippen molar-refractivity contribution in [3.8, 4) is 0 Å². The Bertz CT molecular complexity index is 523. The largest absolute Gasteiger partial charge is 0.468 e. The number of carbonyl (C=O) groups is 1. The van der Waals surface area contributed by atoms with Gasteiger partial charge in [0.15, 0.2) is 0 Å². The van der Waals surface area contributed by atoms with Crippen molar-refractivity contribution in [2.75, 3.05) is 5.73 Å². The Morgan fingerprint density at radius 1 is 1.29 bits per heavy atom. The maximum absolute atomic E-state index is 11.3. The average molecular weight is 248 g/mol. The molecule has 0 fully saturated rings. The number of benzene rings is 1. The first kappa shape index (κ1) is 11.6. The summed E-state index contributed by atoms with van der Waals surface area (Å²) in [7, 11) is 0. The van der Waals surface area contributed by atoms with Gasteiger partial charge in [0.25, 0.3) is 0 Å². The average Bonchev–Trinajstić information content (AvgIpc) is 2.80. The van der Waals surface area contributed by atoms with Crippen LogP contribution in [0.15, 0.2) is 45.9 Å². The monoisotopic (exact) mass is 248 g/mol. The van der Waals surface area contributed by atoms with Crippen molar-refractivity contribution in [2.24, 2.45) is 5.73 Å². The summed E-state index contributed by atoms with van der Waals surface area (Å²) in [4.78, 5) is 12.0. The lowest BCUT2D eigenvalue weighted by molar-refractivity contribution is 0.0997. The van der Waals surface area contributed by atoms with Crippen LogP contribution in [-0.2, 0) is 5.75 Å². The summed E-state index contributed by atoms with van der Waals surface area (Å²) in [5, 5.41) is 0. The third-order valence-electron chi connectivity index (χ3n) is 2.25. The van der Waals surface area contributed by atoms with E-state index in [0.29, 0.717) is 21.9 Å². The van der Waals surface area contributed by atoms with Crippen LogP contribution in [0.4, 0.5) is 5.69 Å². The molecule has 4 N–H and O–H groups in total. The zero-order valence-electron chi connectivity index (χ0n) is 9.05. The number of anilines is 1. The fourth-order valence-electron chi connectivity index (χ4n) is 1.45. The van der Waals surface area contributed by atoms with Gasteiger partial charge in [0.2, 0.25) is 5.91 Å². The Labute approximate surface area is 103 Å². The molecule has 1 heterocycles. The molecule has 0 atom stereocenters. The lowest BCUT2D eigenvalue weighted by Crippen LogP contribution is -2.13. The second kappa shape index (κ2) is 4.97. The standard InChI is InChI=1S/C12H12N2O2S/c13-10-5-1-4-9(12(14)15)11(10)17-7-8-3-2-6-16-8/h1-6H,7,13H2,(H2,14,15). The van der Waals surface area contributed by atoms with Crippen molar-refractivity contribution >= 4 is 23.4 Å². The molecule has 88 valence electrons. The number of rotatable bonds is 4. The highest BCUT2D eigenvalue weighted by molar-refractivity contribution is 7.98. The van der Waals surface area contributed by atoms with E-state index in [1.54, 1.807) is 24.5 Å². The van der Waals surface area contributed by atoms with E-state index in [-0.39, 0.29) is 0 Å². The number of hydrogen-bond acceptors (Lipinski definition) is 4. The zero-order valence-corrected chi connectivity index (χ0v) is 9.87. The topological polar surface area (TPSA) is 82.2 Å². The maximum atomic E-state index is 11.3. The van der Waals surface area contributed by atoms with E-state index in [0.717, 1.165) is 5.76 Å². The number of carbonyl (C=O) groups excluding carboxylic acids is 1. The fourth-order valence-corrected chi connectivity index (χ4v) is 2.46. The molecule has 2 aromatic rings. The molecule has 0 unspecified atom stereocenters. The van der Waals surface area contributed by atoms with Crippen LogP contribution in [0.5, 0.6) is 0 Å². The first-order chi connectivity index (χ1) is 8.18. The van der Waals surface area contributed by atoms with Gasteiger partial charge >= 0.3 is 0 Å². The van der Waals surface area contributed by atoms with Crippen LogP contribution in [-0.4, -0.2) is 5.91 Å². The molecule has 17 heavy (non-hydrogen) atoms. The summed E-state index contributed by atoms with van der Waals surface area (Å²) in [5.74, 6) is 0.967. The second-order valence-corrected chi connectivity index (χ2v) is 4.44. The third-order valence-corrected chi connectivity index (χ3v) is 3.42. The van der Waals surface area contributed by atoms with Crippen LogP contribution >= 0.6 is 11.8 Å². The van der Waals surface area contributed by atoms with Gasteiger partial charge in [0, 0.05) is 10.6 Å². The number of nitrogen functional groups attached to an aromatic ring is 1. The highest BCUT2D eigenvalue weighted by atomic mass is 32.2. The van der Waals surface area contributed by atoms with Gasteiger partial charge in [-0.05, 0) is 24.3 Å². The highest BCUT2D eigenvalue weighted by Crippen LogP contribution is 2.31. The van der Waals surface area contributed by atoms with Crippen molar-refractivity contribution in [3.63, 3.8) is 0 Å². The molecule has 1 aromatic heterocycles. The number of furan rings is 1. The quantitative estimate of drug-likeness (QED) is 0.642. The number of nitrogens with two attached hydrogens (primary N) is 2. The van der Waals surface area contributed by atoms with Gasteiger partial charge in [-0.25, -0.2) is 0 Å². The first-order valence-corrected chi connectivity index (χ1v) is 6.00. The van der Waals surface area contributed by atoms with Crippen molar-refractivity contribution in [1.29, 1.82) is 0 Å².